The topological polar surface area (TPSA) is 32.3 Å². The van der Waals surface area contributed by atoms with Gasteiger partial charge in [0, 0.05) is 6.61 Å². The maximum absolute atomic E-state index is 8.71. The van der Waals surface area contributed by atoms with Gasteiger partial charge in [0.1, 0.15) is 0 Å². The van der Waals surface area contributed by atoms with E-state index in [1.54, 1.807) is 0 Å². The fourth-order valence-corrected chi connectivity index (χ4v) is 3.46. The number of unbranched alkanes of at least 4 members (excludes halogenated alkanes) is 17. The van der Waals surface area contributed by atoms with Gasteiger partial charge in [0.25, 0.3) is 0 Å². The van der Waals surface area contributed by atoms with Crippen molar-refractivity contribution in [1.82, 2.24) is 5.32 Å². The summed E-state index contributed by atoms with van der Waals surface area (Å²) in [4.78, 5) is 0. The van der Waals surface area contributed by atoms with E-state index in [2.05, 4.69) is 12.2 Å². The van der Waals surface area contributed by atoms with Gasteiger partial charge in [0.2, 0.25) is 0 Å². The van der Waals surface area contributed by atoms with Crippen LogP contribution in [0.3, 0.4) is 0 Å². The van der Waals surface area contributed by atoms with E-state index in [-0.39, 0.29) is 0 Å². The summed E-state index contributed by atoms with van der Waals surface area (Å²) >= 11 is 0. The molecule has 0 bridgehead atoms. The minimum absolute atomic E-state index is 0.354. The van der Waals surface area contributed by atoms with Crippen LogP contribution < -0.4 is 5.32 Å². The average molecular weight is 356 g/mol. The average Bonchev–Trinajstić information content (AvgIpc) is 2.63. The Kier molecular flexibility index (Phi) is 23.8. The van der Waals surface area contributed by atoms with Gasteiger partial charge in [-0.3, -0.25) is 0 Å². The molecule has 0 spiro atoms. The van der Waals surface area contributed by atoms with Crippen molar-refractivity contribution in [2.24, 2.45) is 0 Å². The highest BCUT2D eigenvalue weighted by Crippen LogP contribution is 2.13. The van der Waals surface area contributed by atoms with Crippen LogP contribution in [-0.2, 0) is 0 Å². The van der Waals surface area contributed by atoms with Crippen LogP contribution in [0.1, 0.15) is 129 Å². The van der Waals surface area contributed by atoms with E-state index in [0.29, 0.717) is 6.61 Å². The summed E-state index contributed by atoms with van der Waals surface area (Å²) in [5.74, 6) is 0. The second-order valence-electron chi connectivity index (χ2n) is 7.84. The molecule has 0 radical (unpaired) electrons. The van der Waals surface area contributed by atoms with Crippen molar-refractivity contribution in [2.75, 3.05) is 19.7 Å². The van der Waals surface area contributed by atoms with E-state index in [1.807, 2.05) is 0 Å². The molecule has 0 aromatic rings. The van der Waals surface area contributed by atoms with Crippen LogP contribution >= 0.6 is 0 Å². The monoisotopic (exact) mass is 355 g/mol. The molecule has 0 saturated heterocycles. The highest BCUT2D eigenvalue weighted by atomic mass is 16.2. The molecule has 2 N–H and O–H groups in total. The van der Waals surface area contributed by atoms with Crippen molar-refractivity contribution in [3.63, 3.8) is 0 Å². The van der Waals surface area contributed by atoms with E-state index in [4.69, 9.17) is 5.11 Å². The fourth-order valence-electron chi connectivity index (χ4n) is 3.46. The summed E-state index contributed by atoms with van der Waals surface area (Å²) in [6.07, 6.45) is 26.2. The summed E-state index contributed by atoms with van der Waals surface area (Å²) in [5, 5.41) is 12.3. The Hall–Kier alpha value is -0.0800. The first kappa shape index (κ1) is 24.9. The van der Waals surface area contributed by atoms with Crippen LogP contribution in [0.25, 0.3) is 0 Å². The zero-order chi connectivity index (χ0) is 18.3. The molecule has 0 aromatic heterocycles. The van der Waals surface area contributed by atoms with Crippen molar-refractivity contribution in [3.8, 4) is 0 Å². The Bertz CT molecular complexity index is 198. The number of hydrogen-bond acceptors (Lipinski definition) is 2. The van der Waals surface area contributed by atoms with Gasteiger partial charge < -0.3 is 10.4 Å². The molecule has 0 saturated carbocycles. The van der Waals surface area contributed by atoms with Crippen molar-refractivity contribution < 1.29 is 5.11 Å². The molecule has 0 fully saturated rings. The van der Waals surface area contributed by atoms with Crippen LogP contribution in [0.4, 0.5) is 0 Å². The van der Waals surface area contributed by atoms with Crippen LogP contribution in [0.15, 0.2) is 0 Å². The van der Waals surface area contributed by atoms with Crippen LogP contribution in [-0.4, -0.2) is 24.8 Å². The lowest BCUT2D eigenvalue weighted by molar-refractivity contribution is 0.282. The molecule has 0 aliphatic rings. The van der Waals surface area contributed by atoms with Crippen LogP contribution in [0.2, 0.25) is 0 Å². The molecule has 2 heteroatoms. The third kappa shape index (κ3) is 23.9. The zero-order valence-corrected chi connectivity index (χ0v) is 17.5. The van der Waals surface area contributed by atoms with Gasteiger partial charge in [-0.15, -0.1) is 0 Å². The molecule has 0 aliphatic carbocycles. The van der Waals surface area contributed by atoms with Crippen molar-refractivity contribution >= 4 is 0 Å². The van der Waals surface area contributed by atoms with Gasteiger partial charge >= 0.3 is 0 Å². The standard InChI is InChI=1S/C23H49NO/c1-2-3-4-5-6-7-8-9-10-11-12-13-14-15-18-21-24-22-19-16-17-20-23-25/h24-25H,2-23H2,1H3. The third-order valence-corrected chi connectivity index (χ3v) is 5.22. The first-order valence-corrected chi connectivity index (χ1v) is 11.7. The Labute approximate surface area is 159 Å². The summed E-state index contributed by atoms with van der Waals surface area (Å²) in [5.41, 5.74) is 0. The predicted molar refractivity (Wildman–Crippen MR) is 113 cm³/mol. The quantitative estimate of drug-likeness (QED) is 0.205. The van der Waals surface area contributed by atoms with Gasteiger partial charge in [-0.25, -0.2) is 0 Å². The largest absolute Gasteiger partial charge is 0.396 e. The molecule has 0 aliphatic heterocycles. The van der Waals surface area contributed by atoms with Gasteiger partial charge in [0.15, 0.2) is 0 Å². The summed E-state index contributed by atoms with van der Waals surface area (Å²) < 4.78 is 0. The Morgan fingerprint density at radius 2 is 0.760 bits per heavy atom. The molecular weight excluding hydrogens is 306 g/mol. The lowest BCUT2D eigenvalue weighted by Gasteiger charge is -2.05. The number of aliphatic hydroxyl groups is 1. The lowest BCUT2D eigenvalue weighted by atomic mass is 10.0. The lowest BCUT2D eigenvalue weighted by Crippen LogP contribution is -2.16. The highest BCUT2D eigenvalue weighted by Gasteiger charge is 1.95. The van der Waals surface area contributed by atoms with Crippen LogP contribution in [0, 0.1) is 0 Å². The minimum atomic E-state index is 0.354. The number of nitrogens with one attached hydrogen (secondary N) is 1. The maximum atomic E-state index is 8.71. The Morgan fingerprint density at radius 1 is 0.440 bits per heavy atom. The first-order chi connectivity index (χ1) is 12.4. The molecule has 0 atom stereocenters. The van der Waals surface area contributed by atoms with E-state index in [0.717, 1.165) is 13.0 Å². The number of aliphatic hydroxyl groups excluding tert-OH is 1. The molecule has 0 unspecified atom stereocenters. The maximum Gasteiger partial charge on any atom is 0.0431 e. The van der Waals surface area contributed by atoms with E-state index in [9.17, 15) is 0 Å². The number of rotatable bonds is 22. The van der Waals surface area contributed by atoms with E-state index < -0.39 is 0 Å². The molecule has 0 heterocycles. The molecule has 0 rings (SSSR count). The Balaban J connectivity index is 2.94. The molecule has 25 heavy (non-hydrogen) atoms. The third-order valence-electron chi connectivity index (χ3n) is 5.22. The van der Waals surface area contributed by atoms with Crippen molar-refractivity contribution in [3.05, 3.63) is 0 Å². The fraction of sp³-hybridized carbons (Fsp3) is 1.00. The summed E-state index contributed by atoms with van der Waals surface area (Å²) in [6.45, 7) is 5.00. The SMILES string of the molecule is CCCCCCCCCCCCCCCCCNCCCCCCO. The normalized spacial score (nSPS) is 11.3. The zero-order valence-electron chi connectivity index (χ0n) is 17.5. The second-order valence-corrected chi connectivity index (χ2v) is 7.84. The van der Waals surface area contributed by atoms with Gasteiger partial charge in [-0.05, 0) is 32.4 Å². The second kappa shape index (κ2) is 23.9. The molecule has 152 valence electrons. The van der Waals surface area contributed by atoms with Crippen LogP contribution in [0.5, 0.6) is 0 Å². The predicted octanol–water partition coefficient (Wildman–Crippen LogP) is 7.00. The van der Waals surface area contributed by atoms with Crippen molar-refractivity contribution in [1.29, 1.82) is 0 Å². The van der Waals surface area contributed by atoms with E-state index >= 15 is 0 Å². The minimum Gasteiger partial charge on any atom is -0.396 e. The van der Waals surface area contributed by atoms with Gasteiger partial charge in [-0.2, -0.15) is 0 Å². The molecule has 0 amide bonds. The molecule has 0 aromatic carbocycles. The molecule has 2 nitrogen and oxygen atoms in total. The smallest absolute Gasteiger partial charge is 0.0431 e. The van der Waals surface area contributed by atoms with Crippen molar-refractivity contribution in [2.45, 2.75) is 129 Å². The van der Waals surface area contributed by atoms with Gasteiger partial charge in [0.05, 0.1) is 0 Å². The number of hydrogen-bond donors (Lipinski definition) is 2. The summed E-state index contributed by atoms with van der Waals surface area (Å²) in [6, 6.07) is 0. The molecular formula is C23H49NO. The van der Waals surface area contributed by atoms with E-state index in [1.165, 1.54) is 122 Å². The van der Waals surface area contributed by atoms with Gasteiger partial charge in [-0.1, -0.05) is 110 Å². The Morgan fingerprint density at radius 3 is 1.12 bits per heavy atom. The highest BCUT2D eigenvalue weighted by molar-refractivity contribution is 4.52. The summed E-state index contributed by atoms with van der Waals surface area (Å²) in [7, 11) is 0. The first-order valence-electron chi connectivity index (χ1n) is 11.7.